The highest BCUT2D eigenvalue weighted by Crippen LogP contribution is 2.34. The van der Waals surface area contributed by atoms with Crippen molar-refractivity contribution in [3.63, 3.8) is 0 Å². The lowest BCUT2D eigenvalue weighted by Crippen LogP contribution is -2.44. The molecule has 0 saturated carbocycles. The van der Waals surface area contributed by atoms with Gasteiger partial charge in [-0.3, -0.25) is 10.1 Å². The highest BCUT2D eigenvalue weighted by Gasteiger charge is 2.45. The number of ether oxygens (including phenoxy) is 1. The van der Waals surface area contributed by atoms with Gasteiger partial charge in [-0.2, -0.15) is 0 Å². The molecule has 0 aromatic carbocycles. The Morgan fingerprint density at radius 1 is 1.28 bits per heavy atom. The van der Waals surface area contributed by atoms with E-state index in [1.54, 1.807) is 0 Å². The molecular formula is C12H18N8O5. The second-order valence-corrected chi connectivity index (χ2v) is 5.51. The van der Waals surface area contributed by atoms with Gasteiger partial charge in [-0.15, -0.1) is 0 Å². The maximum Gasteiger partial charge on any atom is 0.269 e. The molecule has 0 radical (unpaired) electrons. The normalized spacial score (nSPS) is 29.9. The zero-order valence-corrected chi connectivity index (χ0v) is 12.9. The zero-order valence-electron chi connectivity index (χ0n) is 12.9. The molecule has 2 aliphatic rings. The monoisotopic (exact) mass is 354 g/mol. The third kappa shape index (κ3) is 2.89. The minimum absolute atomic E-state index is 0.0400. The summed E-state index contributed by atoms with van der Waals surface area (Å²) < 4.78 is 6.70. The van der Waals surface area contributed by atoms with Gasteiger partial charge in [0.2, 0.25) is 0 Å². The number of aliphatic hydroxyl groups is 3. The number of primary amides is 1. The van der Waals surface area contributed by atoms with E-state index in [0.717, 1.165) is 0 Å². The van der Waals surface area contributed by atoms with Crippen LogP contribution in [0.25, 0.3) is 0 Å². The Balaban J connectivity index is 2.07. The molecule has 136 valence electrons. The summed E-state index contributed by atoms with van der Waals surface area (Å²) in [5.41, 5.74) is 16.5. The molecular weight excluding hydrogens is 336 g/mol. The molecule has 2 aliphatic heterocycles. The number of hydrogen-bond acceptors (Lipinski definition) is 11. The van der Waals surface area contributed by atoms with Crippen LogP contribution in [0.5, 0.6) is 0 Å². The maximum atomic E-state index is 11.7. The Kier molecular flexibility index (Phi) is 4.30. The first-order chi connectivity index (χ1) is 11.8. The number of amides is 1. The van der Waals surface area contributed by atoms with Crippen LogP contribution >= 0.6 is 0 Å². The number of nitrogens with one attached hydrogen (secondary N) is 1. The van der Waals surface area contributed by atoms with Gasteiger partial charge in [0.15, 0.2) is 30.0 Å². The zero-order chi connectivity index (χ0) is 18.3. The van der Waals surface area contributed by atoms with Crippen LogP contribution in [-0.4, -0.2) is 67.6 Å². The van der Waals surface area contributed by atoms with Gasteiger partial charge < -0.3 is 41.8 Å². The standard InChI is InChI=1S/C12H18N8O5/c13-8(24)4-5(9-17-11(14)19-12(15)18-9)20(2-16-4)10-7(23)6(22)3(1-21)25-10/h2-3,6-7,9-10,21-23H,1H2,(H2,13,24)(H5,14,15,17,18,19)/t3-,6-,7-,10-/m1/s1. The Morgan fingerprint density at radius 3 is 2.44 bits per heavy atom. The fraction of sp³-hybridized carbons (Fsp3) is 0.500. The number of aliphatic imine (C=N–C) groups is 2. The smallest absolute Gasteiger partial charge is 0.269 e. The van der Waals surface area contributed by atoms with Gasteiger partial charge in [0, 0.05) is 0 Å². The molecule has 10 N–H and O–H groups in total. The van der Waals surface area contributed by atoms with Crippen molar-refractivity contribution in [1.29, 1.82) is 0 Å². The van der Waals surface area contributed by atoms with E-state index >= 15 is 0 Å². The van der Waals surface area contributed by atoms with Crippen LogP contribution in [0.3, 0.4) is 0 Å². The first kappa shape index (κ1) is 17.1. The van der Waals surface area contributed by atoms with E-state index < -0.39 is 43.2 Å². The van der Waals surface area contributed by atoms with Crippen LogP contribution < -0.4 is 22.5 Å². The summed E-state index contributed by atoms with van der Waals surface area (Å²) in [5.74, 6) is -0.940. The van der Waals surface area contributed by atoms with Crippen molar-refractivity contribution in [2.45, 2.75) is 30.7 Å². The minimum Gasteiger partial charge on any atom is -0.394 e. The molecule has 1 fully saturated rings. The predicted octanol–water partition coefficient (Wildman–Crippen LogP) is -4.18. The Bertz CT molecular complexity index is 728. The summed E-state index contributed by atoms with van der Waals surface area (Å²) in [6.45, 7) is -0.509. The van der Waals surface area contributed by atoms with Crippen LogP contribution in [0.15, 0.2) is 16.3 Å². The summed E-state index contributed by atoms with van der Waals surface area (Å²) >= 11 is 0. The number of rotatable bonds is 4. The molecule has 3 heterocycles. The SMILES string of the molecule is NC(=O)c1ncn([C@@H]2O[C@H](CO)[C@@H](O)[C@H]2O)c1C1N=C(N)NC(N)=N1. The van der Waals surface area contributed by atoms with Crippen LogP contribution in [0, 0.1) is 0 Å². The topological polar surface area (TPSA) is 220 Å². The van der Waals surface area contributed by atoms with Crippen molar-refractivity contribution in [3.8, 4) is 0 Å². The van der Waals surface area contributed by atoms with Crippen LogP contribution in [0.2, 0.25) is 0 Å². The molecule has 0 spiro atoms. The van der Waals surface area contributed by atoms with Crippen molar-refractivity contribution in [2.24, 2.45) is 27.2 Å². The molecule has 1 aromatic rings. The van der Waals surface area contributed by atoms with Gasteiger partial charge in [0.1, 0.15) is 24.0 Å². The van der Waals surface area contributed by atoms with Crippen LogP contribution in [0.4, 0.5) is 0 Å². The van der Waals surface area contributed by atoms with Gasteiger partial charge in [0.25, 0.3) is 5.91 Å². The third-order valence-electron chi connectivity index (χ3n) is 3.88. The lowest BCUT2D eigenvalue weighted by atomic mass is 10.1. The fourth-order valence-corrected chi connectivity index (χ4v) is 2.74. The molecule has 1 saturated heterocycles. The first-order valence-corrected chi connectivity index (χ1v) is 7.26. The van der Waals surface area contributed by atoms with E-state index in [9.17, 15) is 20.1 Å². The summed E-state index contributed by atoms with van der Waals surface area (Å²) in [4.78, 5) is 23.7. The first-order valence-electron chi connectivity index (χ1n) is 7.26. The lowest BCUT2D eigenvalue weighted by molar-refractivity contribution is -0.0542. The van der Waals surface area contributed by atoms with Crippen molar-refractivity contribution in [1.82, 2.24) is 14.9 Å². The number of nitrogens with zero attached hydrogens (tertiary/aromatic N) is 4. The van der Waals surface area contributed by atoms with Crippen molar-refractivity contribution in [2.75, 3.05) is 6.61 Å². The summed E-state index contributed by atoms with van der Waals surface area (Å²) in [5, 5.41) is 31.8. The van der Waals surface area contributed by atoms with Crippen molar-refractivity contribution >= 4 is 17.8 Å². The highest BCUT2D eigenvalue weighted by molar-refractivity contribution is 5.99. The largest absolute Gasteiger partial charge is 0.394 e. The molecule has 3 rings (SSSR count). The van der Waals surface area contributed by atoms with Crippen molar-refractivity contribution in [3.05, 3.63) is 17.7 Å². The summed E-state index contributed by atoms with van der Waals surface area (Å²) in [7, 11) is 0. The molecule has 13 nitrogen and oxygen atoms in total. The van der Waals surface area contributed by atoms with Gasteiger partial charge in [-0.1, -0.05) is 0 Å². The van der Waals surface area contributed by atoms with E-state index in [1.807, 2.05) is 0 Å². The average molecular weight is 354 g/mol. The molecule has 0 aliphatic carbocycles. The van der Waals surface area contributed by atoms with E-state index in [4.69, 9.17) is 21.9 Å². The minimum atomic E-state index is -1.39. The second-order valence-electron chi connectivity index (χ2n) is 5.51. The molecule has 1 aromatic heterocycles. The molecule has 1 amide bonds. The lowest BCUT2D eigenvalue weighted by Gasteiger charge is -2.23. The number of imidazole rings is 1. The Morgan fingerprint density at radius 2 is 1.92 bits per heavy atom. The highest BCUT2D eigenvalue weighted by atomic mass is 16.6. The van der Waals surface area contributed by atoms with Crippen molar-refractivity contribution < 1.29 is 24.9 Å². The molecule has 0 bridgehead atoms. The van der Waals surface area contributed by atoms with E-state index in [-0.39, 0.29) is 23.3 Å². The van der Waals surface area contributed by atoms with Gasteiger partial charge >= 0.3 is 0 Å². The van der Waals surface area contributed by atoms with E-state index in [1.165, 1.54) is 10.9 Å². The van der Waals surface area contributed by atoms with E-state index in [2.05, 4.69) is 20.3 Å². The molecule has 4 atom stereocenters. The van der Waals surface area contributed by atoms with Gasteiger partial charge in [-0.05, 0) is 0 Å². The predicted molar refractivity (Wildman–Crippen MR) is 82.9 cm³/mol. The second kappa shape index (κ2) is 6.29. The number of carbonyl (C=O) groups is 1. The summed E-state index contributed by atoms with van der Waals surface area (Å²) in [6, 6.07) is 0. The fourth-order valence-electron chi connectivity index (χ4n) is 2.74. The number of aliphatic hydroxyl groups excluding tert-OH is 3. The van der Waals surface area contributed by atoms with Crippen LogP contribution in [-0.2, 0) is 4.74 Å². The molecule has 0 unspecified atom stereocenters. The average Bonchev–Trinajstić information content (AvgIpc) is 3.09. The number of aromatic nitrogens is 2. The molecule has 13 heteroatoms. The molecule has 25 heavy (non-hydrogen) atoms. The Labute approximate surface area is 140 Å². The number of hydrogen-bond donors (Lipinski definition) is 7. The maximum absolute atomic E-state index is 11.7. The van der Waals surface area contributed by atoms with Crippen LogP contribution in [0.1, 0.15) is 28.6 Å². The van der Waals surface area contributed by atoms with Gasteiger partial charge in [0.05, 0.1) is 12.9 Å². The van der Waals surface area contributed by atoms with E-state index in [0.29, 0.717) is 0 Å². The third-order valence-corrected chi connectivity index (χ3v) is 3.88. The summed E-state index contributed by atoms with van der Waals surface area (Å²) in [6.07, 6.45) is -4.76. The Hall–Kier alpha value is -2.74. The van der Waals surface area contributed by atoms with Gasteiger partial charge in [-0.25, -0.2) is 15.0 Å². The quantitative estimate of drug-likeness (QED) is 0.278. The number of nitrogens with two attached hydrogens (primary N) is 3. The number of carbonyl (C=O) groups excluding carboxylic acids is 1. The number of guanidine groups is 2.